The molecule has 1 aliphatic rings. The summed E-state index contributed by atoms with van der Waals surface area (Å²) >= 11 is 0. The maximum atomic E-state index is 9.54. The minimum absolute atomic E-state index is 0.192. The first kappa shape index (κ1) is 11.2. The van der Waals surface area contributed by atoms with E-state index in [4.69, 9.17) is 4.65 Å². The van der Waals surface area contributed by atoms with E-state index < -0.39 is 7.12 Å². The Kier molecular flexibility index (Phi) is 3.27. The van der Waals surface area contributed by atoms with E-state index in [1.54, 1.807) is 0 Å². The van der Waals surface area contributed by atoms with Gasteiger partial charge in [0.1, 0.15) is 0 Å². The van der Waals surface area contributed by atoms with Crippen molar-refractivity contribution in [2.24, 2.45) is 0 Å². The van der Waals surface area contributed by atoms with Gasteiger partial charge >= 0.3 is 7.12 Å². The van der Waals surface area contributed by atoms with Crippen molar-refractivity contribution in [2.45, 2.75) is 19.3 Å². The van der Waals surface area contributed by atoms with Crippen molar-refractivity contribution < 1.29 is 9.68 Å². The summed E-state index contributed by atoms with van der Waals surface area (Å²) in [5.41, 5.74) is 3.10. The van der Waals surface area contributed by atoms with Crippen LogP contribution in [0.25, 0.3) is 0 Å². The predicted octanol–water partition coefficient (Wildman–Crippen LogP) is 2.74. The van der Waals surface area contributed by atoms with Gasteiger partial charge in [-0.1, -0.05) is 48.6 Å². The Morgan fingerprint density at radius 2 is 2.12 bits per heavy atom. The van der Waals surface area contributed by atoms with Gasteiger partial charge in [0.15, 0.2) is 0 Å². The smallest absolute Gasteiger partial charge is 0.427 e. The van der Waals surface area contributed by atoms with Crippen LogP contribution in [0.15, 0.2) is 54.1 Å². The Morgan fingerprint density at radius 3 is 2.75 bits per heavy atom. The first-order chi connectivity index (χ1) is 7.68. The number of benzene rings is 1. The molecule has 0 aliphatic carbocycles. The number of hydrogen-bond acceptors (Lipinski definition) is 2. The molecule has 0 aromatic heterocycles. The van der Waals surface area contributed by atoms with E-state index in [0.29, 0.717) is 6.32 Å². The Labute approximate surface area is 96.4 Å². The van der Waals surface area contributed by atoms with E-state index in [1.165, 1.54) is 0 Å². The largest absolute Gasteiger partial charge is 0.458 e. The minimum atomic E-state index is -0.715. The van der Waals surface area contributed by atoms with Crippen molar-refractivity contribution >= 4 is 7.12 Å². The second-order valence-electron chi connectivity index (χ2n) is 4.06. The SMILES string of the molecule is C=C(C)C1=CCB(O)OC1c1ccccc1. The molecule has 1 aliphatic heterocycles. The highest BCUT2D eigenvalue weighted by molar-refractivity contribution is 6.43. The lowest BCUT2D eigenvalue weighted by Gasteiger charge is -2.27. The summed E-state index contributed by atoms with van der Waals surface area (Å²) in [7, 11) is -0.715. The summed E-state index contributed by atoms with van der Waals surface area (Å²) in [5, 5.41) is 9.54. The predicted molar refractivity (Wildman–Crippen MR) is 65.9 cm³/mol. The zero-order chi connectivity index (χ0) is 11.5. The highest BCUT2D eigenvalue weighted by atomic mass is 16.5. The zero-order valence-corrected chi connectivity index (χ0v) is 9.39. The number of allylic oxidation sites excluding steroid dienone is 1. The van der Waals surface area contributed by atoms with Gasteiger partial charge in [-0.25, -0.2) is 0 Å². The topological polar surface area (TPSA) is 29.5 Å². The van der Waals surface area contributed by atoms with Crippen LogP contribution in [0, 0.1) is 0 Å². The summed E-state index contributed by atoms with van der Waals surface area (Å²) in [4.78, 5) is 0. The molecule has 3 heteroatoms. The van der Waals surface area contributed by atoms with Gasteiger partial charge < -0.3 is 9.68 Å². The molecule has 0 radical (unpaired) electrons. The summed E-state index contributed by atoms with van der Waals surface area (Å²) in [6.07, 6.45) is 2.35. The van der Waals surface area contributed by atoms with Crippen LogP contribution in [-0.4, -0.2) is 12.1 Å². The van der Waals surface area contributed by atoms with Gasteiger partial charge in [0, 0.05) is 6.32 Å². The molecular weight excluding hydrogens is 199 g/mol. The van der Waals surface area contributed by atoms with E-state index in [0.717, 1.165) is 16.7 Å². The van der Waals surface area contributed by atoms with Crippen molar-refractivity contribution in [1.82, 2.24) is 0 Å². The molecule has 16 heavy (non-hydrogen) atoms. The molecule has 1 unspecified atom stereocenters. The van der Waals surface area contributed by atoms with Gasteiger partial charge in [0.05, 0.1) is 6.10 Å². The highest BCUT2D eigenvalue weighted by Crippen LogP contribution is 2.34. The fraction of sp³-hybridized carbons (Fsp3) is 0.231. The standard InChI is InChI=1S/C13H15BO2/c1-10(2)12-8-9-14(15)16-13(12)11-6-4-3-5-7-11/h3-8,13,15H,1,9H2,2H3. The van der Waals surface area contributed by atoms with Crippen molar-refractivity contribution in [3.05, 3.63) is 59.7 Å². The van der Waals surface area contributed by atoms with Gasteiger partial charge in [-0.15, -0.1) is 0 Å². The first-order valence-electron chi connectivity index (χ1n) is 5.43. The molecular formula is C13H15BO2. The number of rotatable bonds is 2. The van der Waals surface area contributed by atoms with E-state index in [1.807, 2.05) is 43.3 Å². The lowest BCUT2D eigenvalue weighted by molar-refractivity contribution is 0.194. The van der Waals surface area contributed by atoms with Gasteiger partial charge in [0.25, 0.3) is 0 Å². The highest BCUT2D eigenvalue weighted by Gasteiger charge is 2.28. The van der Waals surface area contributed by atoms with Gasteiger partial charge in [-0.3, -0.25) is 0 Å². The normalized spacial score (nSPS) is 20.5. The Balaban J connectivity index is 2.34. The second kappa shape index (κ2) is 4.68. The van der Waals surface area contributed by atoms with Gasteiger partial charge in [0.2, 0.25) is 0 Å². The van der Waals surface area contributed by atoms with Crippen molar-refractivity contribution in [2.75, 3.05) is 0 Å². The van der Waals surface area contributed by atoms with Crippen molar-refractivity contribution in [3.8, 4) is 0 Å². The molecule has 82 valence electrons. The molecule has 2 nitrogen and oxygen atoms in total. The molecule has 0 amide bonds. The van der Waals surface area contributed by atoms with E-state index in [-0.39, 0.29) is 6.10 Å². The molecule has 1 aromatic rings. The van der Waals surface area contributed by atoms with Crippen LogP contribution in [0.5, 0.6) is 0 Å². The molecule has 0 bridgehead atoms. The molecule has 0 saturated carbocycles. The average Bonchev–Trinajstić information content (AvgIpc) is 2.29. The van der Waals surface area contributed by atoms with Crippen LogP contribution in [-0.2, 0) is 4.65 Å². The summed E-state index contributed by atoms with van der Waals surface area (Å²) < 4.78 is 5.57. The summed E-state index contributed by atoms with van der Waals surface area (Å²) in [6.45, 7) is 5.91. The Bertz CT molecular complexity index is 411. The van der Waals surface area contributed by atoms with Gasteiger partial charge in [-0.05, 0) is 18.1 Å². The third-order valence-electron chi connectivity index (χ3n) is 2.71. The third-order valence-corrected chi connectivity index (χ3v) is 2.71. The van der Waals surface area contributed by atoms with Crippen molar-refractivity contribution in [3.63, 3.8) is 0 Å². The van der Waals surface area contributed by atoms with Crippen molar-refractivity contribution in [1.29, 1.82) is 0 Å². The fourth-order valence-corrected chi connectivity index (χ4v) is 1.90. The lowest BCUT2D eigenvalue weighted by atomic mass is 9.78. The summed E-state index contributed by atoms with van der Waals surface area (Å²) in [5.74, 6) is 0. The molecule has 1 aromatic carbocycles. The second-order valence-corrected chi connectivity index (χ2v) is 4.06. The molecule has 1 heterocycles. The maximum Gasteiger partial charge on any atom is 0.458 e. The molecule has 0 fully saturated rings. The third kappa shape index (κ3) is 2.26. The van der Waals surface area contributed by atoms with Crippen LogP contribution in [0.3, 0.4) is 0 Å². The first-order valence-corrected chi connectivity index (χ1v) is 5.43. The van der Waals surface area contributed by atoms with E-state index in [9.17, 15) is 5.02 Å². The van der Waals surface area contributed by atoms with Crippen LogP contribution in [0.2, 0.25) is 6.32 Å². The molecule has 2 rings (SSSR count). The Hall–Kier alpha value is -1.32. The van der Waals surface area contributed by atoms with Gasteiger partial charge in [-0.2, -0.15) is 0 Å². The quantitative estimate of drug-likeness (QED) is 0.767. The Morgan fingerprint density at radius 1 is 1.44 bits per heavy atom. The maximum absolute atomic E-state index is 9.54. The van der Waals surface area contributed by atoms with E-state index in [2.05, 4.69) is 6.58 Å². The van der Waals surface area contributed by atoms with Crippen LogP contribution in [0.1, 0.15) is 18.6 Å². The van der Waals surface area contributed by atoms with Crippen LogP contribution < -0.4 is 0 Å². The lowest BCUT2D eigenvalue weighted by Crippen LogP contribution is -2.26. The summed E-state index contributed by atoms with van der Waals surface area (Å²) in [6, 6.07) is 9.90. The molecule has 1 atom stereocenters. The molecule has 0 saturated heterocycles. The molecule has 0 spiro atoms. The monoisotopic (exact) mass is 214 g/mol. The van der Waals surface area contributed by atoms with Crippen LogP contribution >= 0.6 is 0 Å². The van der Waals surface area contributed by atoms with Crippen LogP contribution in [0.4, 0.5) is 0 Å². The molecule has 1 N–H and O–H groups in total. The number of hydrogen-bond donors (Lipinski definition) is 1. The minimum Gasteiger partial charge on any atom is -0.427 e. The average molecular weight is 214 g/mol. The fourth-order valence-electron chi connectivity index (χ4n) is 1.90. The zero-order valence-electron chi connectivity index (χ0n) is 9.39. The van der Waals surface area contributed by atoms with E-state index >= 15 is 0 Å².